The third kappa shape index (κ3) is 3.51. The Labute approximate surface area is 253 Å². The summed E-state index contributed by atoms with van der Waals surface area (Å²) in [6.45, 7) is 2.82. The Morgan fingerprint density at radius 3 is 2.35 bits per heavy atom. The number of fused-ring (bicyclic) bond motifs is 2. The van der Waals surface area contributed by atoms with E-state index in [-0.39, 0.29) is 47.8 Å². The number of benzene rings is 1. The van der Waals surface area contributed by atoms with Crippen molar-refractivity contribution in [2.45, 2.75) is 74.3 Å². The predicted molar refractivity (Wildman–Crippen MR) is 153 cm³/mol. The first-order chi connectivity index (χ1) is 20.6. The van der Waals surface area contributed by atoms with E-state index >= 15 is 0 Å². The average Bonchev–Trinajstić information content (AvgIpc) is 3.37. The van der Waals surface area contributed by atoms with Crippen molar-refractivity contribution in [3.8, 4) is 0 Å². The molecule has 0 amide bonds. The first-order valence-electron chi connectivity index (χ1n) is 15.5. The van der Waals surface area contributed by atoms with Gasteiger partial charge in [0.05, 0.1) is 30.5 Å². The number of piperidine rings is 1. The van der Waals surface area contributed by atoms with Gasteiger partial charge in [0.2, 0.25) is 0 Å². The molecule has 10 heteroatoms. The van der Waals surface area contributed by atoms with Crippen molar-refractivity contribution < 1.29 is 43.1 Å². The summed E-state index contributed by atoms with van der Waals surface area (Å²) in [5, 5.41) is 12.7. The highest BCUT2D eigenvalue weighted by Gasteiger charge is 2.89. The van der Waals surface area contributed by atoms with Gasteiger partial charge in [-0.3, -0.25) is 4.79 Å². The fourth-order valence-corrected chi connectivity index (χ4v) is 12.2. The van der Waals surface area contributed by atoms with E-state index in [1.54, 1.807) is 52.7 Å². The number of methoxy groups -OCH3 is 4. The van der Waals surface area contributed by atoms with Crippen molar-refractivity contribution in [2.24, 2.45) is 34.5 Å². The number of hydrogen-bond acceptors (Lipinski definition) is 10. The first kappa shape index (κ1) is 29.6. The molecule has 6 aliphatic rings. The van der Waals surface area contributed by atoms with Crippen LogP contribution >= 0.6 is 0 Å². The summed E-state index contributed by atoms with van der Waals surface area (Å²) in [5.41, 5.74) is -2.88. The van der Waals surface area contributed by atoms with Crippen LogP contribution < -0.4 is 0 Å². The van der Waals surface area contributed by atoms with E-state index in [1.807, 2.05) is 6.07 Å². The second kappa shape index (κ2) is 9.96. The lowest BCUT2D eigenvalue weighted by atomic mass is 9.43. The highest BCUT2D eigenvalue weighted by atomic mass is 16.6. The molecule has 1 aliphatic heterocycles. The summed E-state index contributed by atoms with van der Waals surface area (Å²) in [7, 11) is 9.01. The van der Waals surface area contributed by atoms with Gasteiger partial charge in [-0.15, -0.1) is 0 Å². The van der Waals surface area contributed by atoms with Gasteiger partial charge in [-0.25, -0.2) is 4.79 Å². The van der Waals surface area contributed by atoms with E-state index in [0.29, 0.717) is 18.6 Å². The maximum Gasteiger partial charge on any atom is 0.338 e. The monoisotopic (exact) mass is 599 g/mol. The van der Waals surface area contributed by atoms with Gasteiger partial charge in [0.25, 0.3) is 0 Å². The van der Waals surface area contributed by atoms with Gasteiger partial charge >= 0.3 is 11.9 Å². The van der Waals surface area contributed by atoms with E-state index in [2.05, 4.69) is 11.9 Å². The highest BCUT2D eigenvalue weighted by molar-refractivity contribution is 5.89. The summed E-state index contributed by atoms with van der Waals surface area (Å²) in [6, 6.07) is 8.77. The molecule has 5 aliphatic carbocycles. The molecule has 236 valence electrons. The predicted octanol–water partition coefficient (Wildman–Crippen LogP) is 2.32. The standard InChI is InChI=1S/C33H45NO9/c1-18(35)43-32-15-22(40-5)31(37)14-20(23(32)28(31)42-29(36)19-10-8-7-9-11-19)33-21(39-4)12-13-30(17-38-3)16-34(2)27(33)24(32)25(41-6)26(30)33/h7-11,20-28,37H,12-17H2,1-6H3/t20-,21+,22+,23-,24+,25-,26-,27-,28-,30+,31+,32+,33+/m1/s1. The van der Waals surface area contributed by atoms with Crippen molar-refractivity contribution in [3.05, 3.63) is 35.9 Å². The summed E-state index contributed by atoms with van der Waals surface area (Å²) >= 11 is 0. The maximum atomic E-state index is 13.7. The zero-order chi connectivity index (χ0) is 30.5. The average molecular weight is 600 g/mol. The highest BCUT2D eigenvalue weighted by Crippen LogP contribution is 2.80. The van der Waals surface area contributed by atoms with Crippen molar-refractivity contribution in [3.63, 3.8) is 0 Å². The molecular weight excluding hydrogens is 554 g/mol. The van der Waals surface area contributed by atoms with Gasteiger partial charge in [-0.05, 0) is 44.4 Å². The van der Waals surface area contributed by atoms with Crippen LogP contribution in [0, 0.1) is 34.5 Å². The topological polar surface area (TPSA) is 113 Å². The number of esters is 2. The number of hydrogen-bond donors (Lipinski definition) is 1. The Hall–Kier alpha value is -2.08. The van der Waals surface area contributed by atoms with Crippen LogP contribution in [-0.2, 0) is 33.2 Å². The lowest BCUT2D eigenvalue weighted by molar-refractivity contribution is -0.285. The van der Waals surface area contributed by atoms with Gasteiger partial charge in [0.1, 0.15) is 17.3 Å². The minimum Gasteiger partial charge on any atom is -0.458 e. The van der Waals surface area contributed by atoms with E-state index < -0.39 is 46.7 Å². The SMILES string of the molecule is COC[C@@]12CC[C@H](OC)[C@@]34[C@@H]5C[C@]6(O)[C@@H](OC)C[C@](OC(C)=O)([C@H]5[C@H]6OC(=O)c5ccccc5)[C@@H]([C@@H](OC)[C@H]13)[C@H]4N(C)C2. The van der Waals surface area contributed by atoms with Gasteiger partial charge in [0.15, 0.2) is 0 Å². The van der Waals surface area contributed by atoms with Gasteiger partial charge < -0.3 is 38.4 Å². The molecule has 7 bridgehead atoms. The molecule has 1 aromatic carbocycles. The van der Waals surface area contributed by atoms with Crippen molar-refractivity contribution in [1.29, 1.82) is 0 Å². The molecular formula is C33H45NO9. The van der Waals surface area contributed by atoms with Crippen molar-refractivity contribution in [1.82, 2.24) is 4.90 Å². The molecule has 6 fully saturated rings. The number of likely N-dealkylation sites (tertiary alicyclic amines) is 1. The largest absolute Gasteiger partial charge is 0.458 e. The number of aliphatic hydroxyl groups is 1. The molecule has 1 saturated heterocycles. The Bertz CT molecular complexity index is 1280. The van der Waals surface area contributed by atoms with Crippen LogP contribution in [0.2, 0.25) is 0 Å². The Balaban J connectivity index is 1.48. The van der Waals surface area contributed by atoms with Gasteiger partial charge in [-0.1, -0.05) is 18.2 Å². The van der Waals surface area contributed by atoms with E-state index in [9.17, 15) is 14.7 Å². The zero-order valence-electron chi connectivity index (χ0n) is 26.0. The summed E-state index contributed by atoms with van der Waals surface area (Å²) in [5.74, 6) is -1.87. The number of ether oxygens (including phenoxy) is 6. The van der Waals surface area contributed by atoms with Crippen molar-refractivity contribution >= 4 is 11.9 Å². The molecule has 0 aromatic heterocycles. The lowest BCUT2D eigenvalue weighted by Crippen LogP contribution is -2.77. The molecule has 1 spiro atoms. The zero-order valence-corrected chi connectivity index (χ0v) is 26.0. The first-order valence-corrected chi connectivity index (χ1v) is 15.5. The lowest BCUT2D eigenvalue weighted by Gasteiger charge is -2.69. The fourth-order valence-electron chi connectivity index (χ4n) is 12.2. The van der Waals surface area contributed by atoms with Gasteiger partial charge in [-0.2, -0.15) is 0 Å². The van der Waals surface area contributed by atoms with Crippen LogP contribution in [0.3, 0.4) is 0 Å². The minimum atomic E-state index is -1.48. The summed E-state index contributed by atoms with van der Waals surface area (Å²) < 4.78 is 38.0. The number of carbonyl (C=O) groups is 2. The molecule has 43 heavy (non-hydrogen) atoms. The van der Waals surface area contributed by atoms with E-state index in [1.165, 1.54) is 6.92 Å². The second-order valence-electron chi connectivity index (χ2n) is 14.1. The Kier molecular flexibility index (Phi) is 6.86. The van der Waals surface area contributed by atoms with Crippen LogP contribution in [0.15, 0.2) is 30.3 Å². The number of rotatable bonds is 8. The van der Waals surface area contributed by atoms with Crippen LogP contribution in [-0.4, -0.2) is 112 Å². The third-order valence-electron chi connectivity index (χ3n) is 12.7. The molecule has 1 N–H and O–H groups in total. The fraction of sp³-hybridized carbons (Fsp3) is 0.758. The second-order valence-corrected chi connectivity index (χ2v) is 14.1. The molecule has 0 unspecified atom stereocenters. The molecule has 10 nitrogen and oxygen atoms in total. The number of nitrogens with zero attached hydrogens (tertiary/aromatic N) is 1. The van der Waals surface area contributed by atoms with E-state index in [0.717, 1.165) is 19.4 Å². The van der Waals surface area contributed by atoms with Crippen LogP contribution in [0.5, 0.6) is 0 Å². The smallest absolute Gasteiger partial charge is 0.338 e. The van der Waals surface area contributed by atoms with Gasteiger partial charge in [0, 0.05) is 83.0 Å². The minimum absolute atomic E-state index is 0.0201. The van der Waals surface area contributed by atoms with E-state index in [4.69, 9.17) is 28.4 Å². The number of carbonyl (C=O) groups excluding carboxylic acids is 2. The molecule has 13 atom stereocenters. The van der Waals surface area contributed by atoms with Crippen molar-refractivity contribution in [2.75, 3.05) is 48.6 Å². The summed E-state index contributed by atoms with van der Waals surface area (Å²) in [6.07, 6.45) is 0.272. The molecule has 1 heterocycles. The molecule has 7 rings (SSSR count). The Morgan fingerprint density at radius 2 is 1.72 bits per heavy atom. The quantitative estimate of drug-likeness (QED) is 0.447. The van der Waals surface area contributed by atoms with Crippen LogP contribution in [0.1, 0.15) is 43.0 Å². The molecule has 1 aromatic rings. The third-order valence-corrected chi connectivity index (χ3v) is 12.7. The summed E-state index contributed by atoms with van der Waals surface area (Å²) in [4.78, 5) is 29.2. The molecule has 0 radical (unpaired) electrons. The van der Waals surface area contributed by atoms with Crippen LogP contribution in [0.4, 0.5) is 0 Å². The maximum absolute atomic E-state index is 13.7. The molecule has 5 saturated carbocycles. The van der Waals surface area contributed by atoms with Crippen LogP contribution in [0.25, 0.3) is 0 Å². The normalized spacial score (nSPS) is 49.0. The Morgan fingerprint density at radius 1 is 1.00 bits per heavy atom.